The van der Waals surface area contributed by atoms with Gasteiger partial charge < -0.3 is 5.43 Å². The fourth-order valence-corrected chi connectivity index (χ4v) is 2.02. The van der Waals surface area contributed by atoms with Gasteiger partial charge in [0.05, 0.1) is 6.20 Å². The molecule has 2 heterocycles. The summed E-state index contributed by atoms with van der Waals surface area (Å²) in [4.78, 5) is 17.0. The molecule has 0 saturated heterocycles. The second-order valence-corrected chi connectivity index (χ2v) is 4.94. The summed E-state index contributed by atoms with van der Waals surface area (Å²) in [7, 11) is 0. The number of anilines is 1. The molecule has 0 saturated carbocycles. The SMILES string of the molecule is CC(C)c1nc(NN)cc(Sc2cnccn2)n1. The third kappa shape index (κ3) is 3.14. The molecule has 0 amide bonds. The number of hydrogen-bond donors (Lipinski definition) is 2. The van der Waals surface area contributed by atoms with Gasteiger partial charge in [-0.25, -0.2) is 20.8 Å². The number of hydrogen-bond acceptors (Lipinski definition) is 7. The Hall–Kier alpha value is -1.73. The zero-order valence-corrected chi connectivity index (χ0v) is 11.0. The molecule has 0 bridgehead atoms. The van der Waals surface area contributed by atoms with Crippen molar-refractivity contribution in [3.63, 3.8) is 0 Å². The van der Waals surface area contributed by atoms with Gasteiger partial charge in [-0.2, -0.15) is 0 Å². The molecule has 0 aliphatic carbocycles. The topological polar surface area (TPSA) is 89.6 Å². The van der Waals surface area contributed by atoms with Crippen LogP contribution in [-0.2, 0) is 0 Å². The maximum absolute atomic E-state index is 5.40. The van der Waals surface area contributed by atoms with Crippen molar-refractivity contribution < 1.29 is 0 Å². The molecule has 3 N–H and O–H groups in total. The Morgan fingerprint density at radius 1 is 1.22 bits per heavy atom. The smallest absolute Gasteiger partial charge is 0.144 e. The van der Waals surface area contributed by atoms with Gasteiger partial charge in [-0.3, -0.25) is 4.98 Å². The second-order valence-electron chi connectivity index (χ2n) is 3.89. The number of nitrogens with zero attached hydrogens (tertiary/aromatic N) is 4. The Bertz CT molecular complexity index is 516. The zero-order valence-electron chi connectivity index (χ0n) is 10.2. The van der Waals surface area contributed by atoms with Crippen LogP contribution in [0.25, 0.3) is 0 Å². The molecular weight excluding hydrogens is 248 g/mol. The minimum absolute atomic E-state index is 0.236. The van der Waals surface area contributed by atoms with Gasteiger partial charge in [0.25, 0.3) is 0 Å². The van der Waals surface area contributed by atoms with Crippen molar-refractivity contribution in [1.29, 1.82) is 0 Å². The van der Waals surface area contributed by atoms with Crippen molar-refractivity contribution in [2.75, 3.05) is 5.43 Å². The summed E-state index contributed by atoms with van der Waals surface area (Å²) in [6.07, 6.45) is 4.97. The molecule has 0 aromatic carbocycles. The molecule has 0 radical (unpaired) electrons. The van der Waals surface area contributed by atoms with Crippen molar-refractivity contribution in [3.05, 3.63) is 30.5 Å². The van der Waals surface area contributed by atoms with Crippen molar-refractivity contribution in [3.8, 4) is 0 Å². The van der Waals surface area contributed by atoms with Gasteiger partial charge in [0.15, 0.2) is 0 Å². The van der Waals surface area contributed by atoms with E-state index in [1.807, 2.05) is 13.8 Å². The lowest BCUT2D eigenvalue weighted by molar-refractivity contribution is 0.754. The van der Waals surface area contributed by atoms with E-state index in [9.17, 15) is 0 Å². The molecule has 94 valence electrons. The molecule has 0 aliphatic heterocycles. The van der Waals surface area contributed by atoms with Crippen LogP contribution in [0.4, 0.5) is 5.82 Å². The highest BCUT2D eigenvalue weighted by Gasteiger charge is 2.09. The Kier molecular flexibility index (Phi) is 4.06. The van der Waals surface area contributed by atoms with Crippen LogP contribution in [-0.4, -0.2) is 19.9 Å². The Morgan fingerprint density at radius 2 is 2.06 bits per heavy atom. The predicted octanol–water partition coefficient (Wildman–Crippen LogP) is 1.83. The average molecular weight is 262 g/mol. The van der Waals surface area contributed by atoms with E-state index in [-0.39, 0.29) is 5.92 Å². The molecule has 6 nitrogen and oxygen atoms in total. The molecule has 0 unspecified atom stereocenters. The van der Waals surface area contributed by atoms with Crippen LogP contribution in [0.15, 0.2) is 34.7 Å². The Balaban J connectivity index is 2.30. The Morgan fingerprint density at radius 3 is 2.67 bits per heavy atom. The van der Waals surface area contributed by atoms with E-state index in [0.717, 1.165) is 15.9 Å². The summed E-state index contributed by atoms with van der Waals surface area (Å²) in [5, 5.41) is 1.58. The van der Waals surface area contributed by atoms with E-state index in [0.29, 0.717) is 5.82 Å². The normalized spacial score (nSPS) is 10.7. The lowest BCUT2D eigenvalue weighted by Gasteiger charge is -2.08. The first-order valence-electron chi connectivity index (χ1n) is 5.48. The largest absolute Gasteiger partial charge is 0.308 e. The zero-order chi connectivity index (χ0) is 13.0. The van der Waals surface area contributed by atoms with E-state index in [1.165, 1.54) is 11.8 Å². The van der Waals surface area contributed by atoms with E-state index in [4.69, 9.17) is 5.84 Å². The maximum Gasteiger partial charge on any atom is 0.144 e. The second kappa shape index (κ2) is 5.74. The van der Waals surface area contributed by atoms with E-state index in [2.05, 4.69) is 25.4 Å². The van der Waals surface area contributed by atoms with E-state index < -0.39 is 0 Å². The Labute approximate surface area is 109 Å². The summed E-state index contributed by atoms with van der Waals surface area (Å²) >= 11 is 1.43. The van der Waals surface area contributed by atoms with Gasteiger partial charge >= 0.3 is 0 Å². The lowest BCUT2D eigenvalue weighted by Crippen LogP contribution is -2.11. The van der Waals surface area contributed by atoms with Crippen LogP contribution in [0, 0.1) is 0 Å². The molecule has 18 heavy (non-hydrogen) atoms. The third-order valence-corrected chi connectivity index (χ3v) is 2.97. The first kappa shape index (κ1) is 12.7. The summed E-state index contributed by atoms with van der Waals surface area (Å²) in [6.45, 7) is 4.07. The van der Waals surface area contributed by atoms with Crippen LogP contribution in [0.5, 0.6) is 0 Å². The number of nitrogens with one attached hydrogen (secondary N) is 1. The molecule has 2 rings (SSSR count). The molecule has 2 aromatic heterocycles. The molecule has 7 heteroatoms. The molecule has 0 atom stereocenters. The maximum atomic E-state index is 5.40. The number of hydrazine groups is 1. The third-order valence-electron chi connectivity index (χ3n) is 2.13. The van der Waals surface area contributed by atoms with E-state index in [1.54, 1.807) is 24.7 Å². The average Bonchev–Trinajstić information content (AvgIpc) is 2.39. The number of rotatable bonds is 4. The highest BCUT2D eigenvalue weighted by Crippen LogP contribution is 2.26. The summed E-state index contributed by atoms with van der Waals surface area (Å²) in [5.41, 5.74) is 2.55. The lowest BCUT2D eigenvalue weighted by atomic mass is 10.2. The predicted molar refractivity (Wildman–Crippen MR) is 70.1 cm³/mol. The van der Waals surface area contributed by atoms with Crippen molar-refractivity contribution in [2.45, 2.75) is 29.8 Å². The van der Waals surface area contributed by atoms with Crippen LogP contribution in [0.2, 0.25) is 0 Å². The monoisotopic (exact) mass is 262 g/mol. The van der Waals surface area contributed by atoms with Crippen LogP contribution >= 0.6 is 11.8 Å². The first-order chi connectivity index (χ1) is 8.69. The van der Waals surface area contributed by atoms with Gasteiger partial charge in [-0.05, 0) is 11.8 Å². The number of nitrogen functional groups attached to an aromatic ring is 1. The van der Waals surface area contributed by atoms with Gasteiger partial charge in [0, 0.05) is 24.4 Å². The van der Waals surface area contributed by atoms with Crippen molar-refractivity contribution >= 4 is 17.6 Å². The van der Waals surface area contributed by atoms with Crippen LogP contribution in [0.1, 0.15) is 25.6 Å². The number of aromatic nitrogens is 4. The van der Waals surface area contributed by atoms with Gasteiger partial charge in [0.1, 0.15) is 21.7 Å². The van der Waals surface area contributed by atoms with E-state index >= 15 is 0 Å². The molecular formula is C11H14N6S. The van der Waals surface area contributed by atoms with Crippen LogP contribution in [0.3, 0.4) is 0 Å². The van der Waals surface area contributed by atoms with Gasteiger partial charge in [-0.1, -0.05) is 13.8 Å². The molecule has 0 aliphatic rings. The highest BCUT2D eigenvalue weighted by molar-refractivity contribution is 7.99. The molecule has 0 spiro atoms. The first-order valence-corrected chi connectivity index (χ1v) is 6.30. The fourth-order valence-electron chi connectivity index (χ4n) is 1.27. The number of nitrogens with two attached hydrogens (primary N) is 1. The standard InChI is InChI=1S/C11H14N6S/c1-7(2)11-15-8(17-12)5-9(16-11)18-10-6-13-3-4-14-10/h3-7H,12H2,1-2H3,(H,15,16,17). The van der Waals surface area contributed by atoms with Gasteiger partial charge in [0.2, 0.25) is 0 Å². The summed E-state index contributed by atoms with van der Waals surface area (Å²) < 4.78 is 0. The fraction of sp³-hybridized carbons (Fsp3) is 0.273. The van der Waals surface area contributed by atoms with Gasteiger partial charge in [-0.15, -0.1) is 0 Å². The summed E-state index contributed by atoms with van der Waals surface area (Å²) in [6, 6.07) is 1.78. The molecule has 0 fully saturated rings. The van der Waals surface area contributed by atoms with Crippen molar-refractivity contribution in [2.24, 2.45) is 5.84 Å². The minimum Gasteiger partial charge on any atom is -0.308 e. The molecule has 2 aromatic rings. The highest BCUT2D eigenvalue weighted by atomic mass is 32.2. The minimum atomic E-state index is 0.236. The van der Waals surface area contributed by atoms with Crippen LogP contribution < -0.4 is 11.3 Å². The summed E-state index contributed by atoms with van der Waals surface area (Å²) in [5.74, 6) is 6.98. The quantitative estimate of drug-likeness (QED) is 0.493. The van der Waals surface area contributed by atoms with Crippen molar-refractivity contribution in [1.82, 2.24) is 19.9 Å².